The van der Waals surface area contributed by atoms with Gasteiger partial charge in [0.2, 0.25) is 0 Å². The van der Waals surface area contributed by atoms with Crippen molar-refractivity contribution >= 4 is 6.03 Å². The second kappa shape index (κ2) is 10.0. The highest BCUT2D eigenvalue weighted by Crippen LogP contribution is 2.17. The quantitative estimate of drug-likeness (QED) is 0.720. The van der Waals surface area contributed by atoms with E-state index in [1.807, 2.05) is 0 Å². The highest BCUT2D eigenvalue weighted by atomic mass is 16.3. The van der Waals surface area contributed by atoms with E-state index in [1.54, 1.807) is 4.90 Å². The molecule has 1 unspecified atom stereocenters. The minimum absolute atomic E-state index is 0.0285. The molecule has 1 heterocycles. The summed E-state index contributed by atoms with van der Waals surface area (Å²) in [7, 11) is 0. The van der Waals surface area contributed by atoms with Gasteiger partial charge in [0.25, 0.3) is 0 Å². The van der Waals surface area contributed by atoms with E-state index in [2.05, 4.69) is 31.0 Å². The van der Waals surface area contributed by atoms with Crippen molar-refractivity contribution in [2.45, 2.75) is 52.5 Å². The van der Waals surface area contributed by atoms with E-state index in [-0.39, 0.29) is 12.6 Å². The number of hydrogen-bond acceptors (Lipinski definition) is 3. The van der Waals surface area contributed by atoms with Crippen molar-refractivity contribution < 1.29 is 9.90 Å². The Morgan fingerprint density at radius 1 is 1.43 bits per heavy atom. The smallest absolute Gasteiger partial charge is 0.317 e. The molecule has 5 heteroatoms. The molecule has 5 nitrogen and oxygen atoms in total. The number of urea groups is 1. The third-order valence-electron chi connectivity index (χ3n) is 4.26. The molecule has 1 rings (SSSR count). The van der Waals surface area contributed by atoms with Crippen molar-refractivity contribution in [2.24, 2.45) is 5.92 Å². The lowest BCUT2D eigenvalue weighted by molar-refractivity contribution is 0.135. The first-order chi connectivity index (χ1) is 10.1. The topological polar surface area (TPSA) is 55.8 Å². The third kappa shape index (κ3) is 6.66. The van der Waals surface area contributed by atoms with Crippen molar-refractivity contribution in [2.75, 3.05) is 39.3 Å². The first-order valence-corrected chi connectivity index (χ1v) is 8.46. The molecule has 0 aromatic heterocycles. The van der Waals surface area contributed by atoms with Gasteiger partial charge in [0, 0.05) is 32.2 Å². The first-order valence-electron chi connectivity index (χ1n) is 8.46. The Kier molecular flexibility index (Phi) is 8.69. The van der Waals surface area contributed by atoms with Gasteiger partial charge in [-0.3, -0.25) is 0 Å². The molecule has 2 N–H and O–H groups in total. The second-order valence-electron chi connectivity index (χ2n) is 6.35. The molecule has 1 atom stereocenters. The van der Waals surface area contributed by atoms with Gasteiger partial charge < -0.3 is 20.2 Å². The Labute approximate surface area is 129 Å². The van der Waals surface area contributed by atoms with E-state index in [4.69, 9.17) is 5.11 Å². The number of unbranched alkanes of at least 4 members (excludes halogenated alkanes) is 1. The highest BCUT2D eigenvalue weighted by Gasteiger charge is 2.22. The molecule has 124 valence electrons. The van der Waals surface area contributed by atoms with E-state index in [0.717, 1.165) is 32.5 Å². The predicted molar refractivity (Wildman–Crippen MR) is 86.4 cm³/mol. The number of carbonyl (C=O) groups excluding carboxylic acids is 1. The van der Waals surface area contributed by atoms with Crippen LogP contribution in [0.25, 0.3) is 0 Å². The van der Waals surface area contributed by atoms with Crippen LogP contribution in [0.3, 0.4) is 0 Å². The number of carbonyl (C=O) groups is 1. The standard InChI is InChI=1S/C16H33N3O2/c1-4-5-8-18(10-11-20)16(21)17-12-15-7-6-9-19(13-15)14(2)3/h14-15,20H,4-13H2,1-3H3,(H,17,21). The molecule has 0 bridgehead atoms. The molecule has 0 radical (unpaired) electrons. The van der Waals surface area contributed by atoms with Gasteiger partial charge in [-0.25, -0.2) is 4.79 Å². The van der Waals surface area contributed by atoms with Crippen molar-refractivity contribution in [1.29, 1.82) is 0 Å². The number of nitrogens with zero attached hydrogens (tertiary/aromatic N) is 2. The molecule has 1 saturated heterocycles. The van der Waals surface area contributed by atoms with Gasteiger partial charge in [-0.15, -0.1) is 0 Å². The summed E-state index contributed by atoms with van der Waals surface area (Å²) in [6.45, 7) is 10.8. The van der Waals surface area contributed by atoms with Crippen molar-refractivity contribution in [3.8, 4) is 0 Å². The number of nitrogens with one attached hydrogen (secondary N) is 1. The van der Waals surface area contributed by atoms with Gasteiger partial charge in [-0.05, 0) is 45.6 Å². The summed E-state index contributed by atoms with van der Waals surface area (Å²) in [5.41, 5.74) is 0. The maximum atomic E-state index is 12.2. The Morgan fingerprint density at radius 3 is 2.81 bits per heavy atom. The van der Waals surface area contributed by atoms with Crippen LogP contribution in [0, 0.1) is 5.92 Å². The Hall–Kier alpha value is -0.810. The van der Waals surface area contributed by atoms with E-state index >= 15 is 0 Å². The number of hydrogen-bond donors (Lipinski definition) is 2. The van der Waals surface area contributed by atoms with Crippen LogP contribution < -0.4 is 5.32 Å². The van der Waals surface area contributed by atoms with Gasteiger partial charge in [0.05, 0.1) is 6.61 Å². The zero-order valence-electron chi connectivity index (χ0n) is 14.0. The fraction of sp³-hybridized carbons (Fsp3) is 0.938. The monoisotopic (exact) mass is 299 g/mol. The van der Waals surface area contributed by atoms with Gasteiger partial charge >= 0.3 is 6.03 Å². The molecule has 0 saturated carbocycles. The Balaban J connectivity index is 2.35. The molecule has 1 fully saturated rings. The molecule has 0 aliphatic carbocycles. The van der Waals surface area contributed by atoms with Crippen LogP contribution in [0.1, 0.15) is 46.5 Å². The minimum Gasteiger partial charge on any atom is -0.395 e. The number of rotatable bonds is 8. The summed E-state index contributed by atoms with van der Waals surface area (Å²) in [4.78, 5) is 16.4. The zero-order chi connectivity index (χ0) is 15.7. The molecular weight excluding hydrogens is 266 g/mol. The third-order valence-corrected chi connectivity index (χ3v) is 4.26. The normalized spacial score (nSPS) is 19.8. The summed E-state index contributed by atoms with van der Waals surface area (Å²) in [6, 6.07) is 0.554. The number of aliphatic hydroxyl groups is 1. The fourth-order valence-electron chi connectivity index (χ4n) is 2.86. The largest absolute Gasteiger partial charge is 0.395 e. The molecular formula is C16H33N3O2. The van der Waals surface area contributed by atoms with E-state index in [9.17, 15) is 4.79 Å². The SMILES string of the molecule is CCCCN(CCO)C(=O)NCC1CCCN(C(C)C)C1. The van der Waals surface area contributed by atoms with Crippen LogP contribution in [-0.2, 0) is 0 Å². The van der Waals surface area contributed by atoms with Gasteiger partial charge in [0.1, 0.15) is 0 Å². The number of amides is 2. The molecule has 0 aromatic rings. The second-order valence-corrected chi connectivity index (χ2v) is 6.35. The van der Waals surface area contributed by atoms with Crippen molar-refractivity contribution in [3.05, 3.63) is 0 Å². The highest BCUT2D eigenvalue weighted by molar-refractivity contribution is 5.74. The van der Waals surface area contributed by atoms with Crippen molar-refractivity contribution in [1.82, 2.24) is 15.1 Å². The average Bonchev–Trinajstić information content (AvgIpc) is 2.49. The van der Waals surface area contributed by atoms with Gasteiger partial charge in [0.15, 0.2) is 0 Å². The van der Waals surface area contributed by atoms with Crippen LogP contribution in [-0.4, -0.2) is 66.3 Å². The predicted octanol–water partition coefficient (Wildman–Crippen LogP) is 1.91. The number of piperidine rings is 1. The number of aliphatic hydroxyl groups excluding tert-OH is 1. The Bertz CT molecular complexity index is 297. The maximum absolute atomic E-state index is 12.2. The maximum Gasteiger partial charge on any atom is 0.317 e. The Morgan fingerprint density at radius 2 is 2.19 bits per heavy atom. The van der Waals surface area contributed by atoms with Gasteiger partial charge in [-0.2, -0.15) is 0 Å². The summed E-state index contributed by atoms with van der Waals surface area (Å²) in [6.07, 6.45) is 4.45. The lowest BCUT2D eigenvalue weighted by Gasteiger charge is -2.35. The van der Waals surface area contributed by atoms with Crippen molar-refractivity contribution in [3.63, 3.8) is 0 Å². The summed E-state index contributed by atoms with van der Waals surface area (Å²) in [5.74, 6) is 0.548. The zero-order valence-corrected chi connectivity index (χ0v) is 14.0. The number of likely N-dealkylation sites (tertiary alicyclic amines) is 1. The molecule has 0 aromatic carbocycles. The fourth-order valence-corrected chi connectivity index (χ4v) is 2.86. The van der Waals surface area contributed by atoms with Crippen LogP contribution in [0.2, 0.25) is 0 Å². The van der Waals surface area contributed by atoms with E-state index in [0.29, 0.717) is 18.5 Å². The van der Waals surface area contributed by atoms with Crippen LogP contribution in [0.4, 0.5) is 4.79 Å². The summed E-state index contributed by atoms with van der Waals surface area (Å²) < 4.78 is 0. The first kappa shape index (κ1) is 18.2. The summed E-state index contributed by atoms with van der Waals surface area (Å²) in [5, 5.41) is 12.1. The van der Waals surface area contributed by atoms with Crippen LogP contribution in [0.15, 0.2) is 0 Å². The lowest BCUT2D eigenvalue weighted by atomic mass is 9.97. The molecule has 0 spiro atoms. The molecule has 21 heavy (non-hydrogen) atoms. The molecule has 2 amide bonds. The minimum atomic E-state index is -0.0285. The average molecular weight is 299 g/mol. The van der Waals surface area contributed by atoms with Crippen LogP contribution >= 0.6 is 0 Å². The van der Waals surface area contributed by atoms with Crippen LogP contribution in [0.5, 0.6) is 0 Å². The summed E-state index contributed by atoms with van der Waals surface area (Å²) >= 11 is 0. The molecule has 1 aliphatic rings. The van der Waals surface area contributed by atoms with E-state index < -0.39 is 0 Å². The van der Waals surface area contributed by atoms with Gasteiger partial charge in [-0.1, -0.05) is 13.3 Å². The lowest BCUT2D eigenvalue weighted by Crippen LogP contribution is -2.47. The van der Waals surface area contributed by atoms with E-state index in [1.165, 1.54) is 19.4 Å². The molecule has 1 aliphatic heterocycles.